The lowest BCUT2D eigenvalue weighted by molar-refractivity contribution is 0.181. The number of ether oxygens (including phenoxy) is 1. The van der Waals surface area contributed by atoms with Crippen LogP contribution in [0.25, 0.3) is 0 Å². The first kappa shape index (κ1) is 10.2. The fraction of sp³-hybridized carbons (Fsp3) is 1.00. The van der Waals surface area contributed by atoms with Crippen LogP contribution in [-0.4, -0.2) is 40.7 Å². The van der Waals surface area contributed by atoms with Gasteiger partial charge in [0.05, 0.1) is 6.61 Å². The van der Waals surface area contributed by atoms with E-state index in [-0.39, 0.29) is 0 Å². The molecule has 0 saturated carbocycles. The van der Waals surface area contributed by atoms with Crippen LogP contribution >= 0.6 is 11.0 Å². The molecule has 0 radical (unpaired) electrons. The quantitative estimate of drug-likeness (QED) is 0.558. The second-order valence-electron chi connectivity index (χ2n) is 1.91. The smallest absolute Gasteiger partial charge is 0.0606 e. The van der Waals surface area contributed by atoms with Gasteiger partial charge >= 0.3 is 0 Å². The van der Waals surface area contributed by atoms with Crippen LogP contribution in [0.5, 0.6) is 0 Å². The Labute approximate surface area is 62.4 Å². The van der Waals surface area contributed by atoms with E-state index in [1.165, 1.54) is 18.5 Å². The van der Waals surface area contributed by atoms with Gasteiger partial charge in [0.15, 0.2) is 0 Å². The number of nitrogens with zero attached hydrogens (tertiary/aromatic N) is 1. The number of likely N-dealkylation sites (N-methyl/N-ethyl adjacent to an activating group) is 1. The van der Waals surface area contributed by atoms with Crippen LogP contribution in [0, 0.1) is 0 Å². The van der Waals surface area contributed by atoms with E-state index >= 15 is 0 Å². The predicted octanol–water partition coefficient (Wildman–Crippen LogP) is 0.104. The Hall–Kier alpha value is 0.150. The SMILES string of the molecule is COCCN(C)S(N)(O)O. The number of nitrogens with two attached hydrogens (primary N) is 1. The number of methoxy groups -OCH3 is 1. The van der Waals surface area contributed by atoms with Gasteiger partial charge in [-0.15, -0.1) is 0 Å². The van der Waals surface area contributed by atoms with E-state index in [4.69, 9.17) is 19.0 Å². The normalized spacial score (nSPS) is 14.2. The molecule has 0 aliphatic heterocycles. The lowest BCUT2D eigenvalue weighted by Crippen LogP contribution is -2.31. The Kier molecular flexibility index (Phi) is 4.18. The molecule has 0 unspecified atom stereocenters. The minimum atomic E-state index is -3.02. The maximum atomic E-state index is 8.80. The number of hydrogen-bond acceptors (Lipinski definition) is 5. The van der Waals surface area contributed by atoms with Gasteiger partial charge in [0.1, 0.15) is 0 Å². The molecule has 0 aromatic heterocycles. The third-order valence-corrected chi connectivity index (χ3v) is 2.17. The zero-order chi connectivity index (χ0) is 8.20. The topological polar surface area (TPSA) is 79.0 Å². The van der Waals surface area contributed by atoms with Crippen molar-refractivity contribution in [3.05, 3.63) is 0 Å². The first-order chi connectivity index (χ1) is 4.48. The van der Waals surface area contributed by atoms with E-state index in [9.17, 15) is 0 Å². The standard InChI is InChI=1S/C4H14N2O3S/c1-6(3-4-9-2)10(5,7)8/h7-8H,3-5H2,1-2H3. The summed E-state index contributed by atoms with van der Waals surface area (Å²) >= 11 is 0. The molecular weight excluding hydrogens is 156 g/mol. The van der Waals surface area contributed by atoms with Crippen molar-refractivity contribution in [3.63, 3.8) is 0 Å². The van der Waals surface area contributed by atoms with Crippen molar-refractivity contribution in [3.8, 4) is 0 Å². The summed E-state index contributed by atoms with van der Waals surface area (Å²) in [7, 11) is 0.0383. The lowest BCUT2D eigenvalue weighted by Gasteiger charge is -2.35. The Morgan fingerprint density at radius 3 is 2.40 bits per heavy atom. The van der Waals surface area contributed by atoms with Gasteiger partial charge in [0.2, 0.25) is 0 Å². The molecule has 0 bridgehead atoms. The summed E-state index contributed by atoms with van der Waals surface area (Å²) in [6.45, 7) is 0.846. The average Bonchev–Trinajstić information content (AvgIpc) is 1.80. The van der Waals surface area contributed by atoms with Crippen LogP contribution in [0.2, 0.25) is 0 Å². The highest BCUT2D eigenvalue weighted by atomic mass is 32.3. The molecule has 0 atom stereocenters. The van der Waals surface area contributed by atoms with Crippen LogP contribution in [0.4, 0.5) is 0 Å². The van der Waals surface area contributed by atoms with Crippen LogP contribution in [0.15, 0.2) is 0 Å². The largest absolute Gasteiger partial charge is 0.383 e. The van der Waals surface area contributed by atoms with E-state index in [2.05, 4.69) is 0 Å². The molecule has 0 fully saturated rings. The highest BCUT2D eigenvalue weighted by Crippen LogP contribution is 2.30. The minimum absolute atomic E-state index is 0.412. The van der Waals surface area contributed by atoms with E-state index < -0.39 is 11.0 Å². The van der Waals surface area contributed by atoms with E-state index in [1.54, 1.807) is 0 Å². The molecule has 0 aromatic carbocycles. The van der Waals surface area contributed by atoms with Crippen molar-refractivity contribution in [1.82, 2.24) is 4.31 Å². The zero-order valence-electron chi connectivity index (χ0n) is 6.15. The van der Waals surface area contributed by atoms with Gasteiger partial charge in [-0.25, -0.2) is 5.14 Å². The second kappa shape index (κ2) is 4.12. The van der Waals surface area contributed by atoms with Crippen molar-refractivity contribution in [2.24, 2.45) is 5.14 Å². The summed E-state index contributed by atoms with van der Waals surface area (Å²) in [6.07, 6.45) is 0. The molecule has 0 aliphatic carbocycles. The molecule has 0 amide bonds. The van der Waals surface area contributed by atoms with Crippen LogP contribution in [0.3, 0.4) is 0 Å². The third kappa shape index (κ3) is 4.04. The van der Waals surface area contributed by atoms with Crippen LogP contribution in [0.1, 0.15) is 0 Å². The van der Waals surface area contributed by atoms with Gasteiger partial charge in [-0.2, -0.15) is 4.31 Å². The number of hydrogen-bond donors (Lipinski definition) is 3. The van der Waals surface area contributed by atoms with Gasteiger partial charge < -0.3 is 4.74 Å². The first-order valence-electron chi connectivity index (χ1n) is 2.74. The molecule has 0 spiro atoms. The highest BCUT2D eigenvalue weighted by molar-refractivity contribution is 8.20. The van der Waals surface area contributed by atoms with Gasteiger partial charge in [0, 0.05) is 20.7 Å². The van der Waals surface area contributed by atoms with Gasteiger partial charge in [-0.1, -0.05) is 11.0 Å². The lowest BCUT2D eigenvalue weighted by atomic mass is 10.7. The first-order valence-corrected chi connectivity index (χ1v) is 4.31. The summed E-state index contributed by atoms with van der Waals surface area (Å²) in [5.74, 6) is 0. The Morgan fingerprint density at radius 1 is 1.60 bits per heavy atom. The predicted molar refractivity (Wildman–Crippen MR) is 41.5 cm³/mol. The van der Waals surface area contributed by atoms with Gasteiger partial charge in [-0.05, 0) is 0 Å². The van der Waals surface area contributed by atoms with Crippen LogP contribution < -0.4 is 5.14 Å². The Balaban J connectivity index is 3.52. The maximum Gasteiger partial charge on any atom is 0.0606 e. The molecule has 6 heteroatoms. The molecule has 0 heterocycles. The minimum Gasteiger partial charge on any atom is -0.383 e. The van der Waals surface area contributed by atoms with Crippen molar-refractivity contribution in [1.29, 1.82) is 0 Å². The van der Waals surface area contributed by atoms with Crippen molar-refractivity contribution in [2.45, 2.75) is 0 Å². The zero-order valence-corrected chi connectivity index (χ0v) is 6.97. The highest BCUT2D eigenvalue weighted by Gasteiger charge is 2.11. The molecular formula is C4H14N2O3S. The molecule has 5 nitrogen and oxygen atoms in total. The van der Waals surface area contributed by atoms with E-state index in [1.807, 2.05) is 0 Å². The summed E-state index contributed by atoms with van der Waals surface area (Å²) in [5, 5.41) is 4.98. The van der Waals surface area contributed by atoms with Gasteiger partial charge in [-0.3, -0.25) is 9.11 Å². The van der Waals surface area contributed by atoms with Crippen LogP contribution in [-0.2, 0) is 4.74 Å². The summed E-state index contributed by atoms with van der Waals surface area (Å²) < 4.78 is 23.5. The van der Waals surface area contributed by atoms with Crippen molar-refractivity contribution >= 4 is 11.0 Å². The molecule has 4 N–H and O–H groups in total. The number of rotatable bonds is 4. The summed E-state index contributed by atoms with van der Waals surface area (Å²) in [6, 6.07) is 0. The monoisotopic (exact) mass is 170 g/mol. The molecule has 64 valence electrons. The Morgan fingerprint density at radius 2 is 2.10 bits per heavy atom. The van der Waals surface area contributed by atoms with Gasteiger partial charge in [0.25, 0.3) is 0 Å². The summed E-state index contributed by atoms with van der Waals surface area (Å²) in [5.41, 5.74) is 0. The fourth-order valence-electron chi connectivity index (χ4n) is 0.354. The fourth-order valence-corrected chi connectivity index (χ4v) is 0.697. The van der Waals surface area contributed by atoms with Crippen molar-refractivity contribution in [2.75, 3.05) is 27.3 Å². The van der Waals surface area contributed by atoms with E-state index in [0.717, 1.165) is 0 Å². The Bertz CT molecular complexity index is 95.0. The summed E-state index contributed by atoms with van der Waals surface area (Å²) in [4.78, 5) is 0. The molecule has 0 saturated heterocycles. The van der Waals surface area contributed by atoms with E-state index in [0.29, 0.717) is 13.2 Å². The molecule has 0 rings (SSSR count). The molecule has 0 aromatic rings. The molecule has 0 aliphatic rings. The second-order valence-corrected chi connectivity index (χ2v) is 3.65. The third-order valence-electron chi connectivity index (χ3n) is 1.07. The average molecular weight is 170 g/mol. The molecule has 10 heavy (non-hydrogen) atoms. The van der Waals surface area contributed by atoms with Crippen molar-refractivity contribution < 1.29 is 13.8 Å². The maximum absolute atomic E-state index is 8.80.